The van der Waals surface area contributed by atoms with Crippen molar-refractivity contribution in [3.8, 4) is 0 Å². The monoisotopic (exact) mass is 167 g/mol. The Morgan fingerprint density at radius 2 is 2.17 bits per heavy atom. The molecule has 70 valence electrons. The van der Waals surface area contributed by atoms with Crippen LogP contribution in [0.25, 0.3) is 0 Å². The zero-order chi connectivity index (χ0) is 8.97. The van der Waals surface area contributed by atoms with Crippen LogP contribution in [0, 0.1) is 5.92 Å². The van der Waals surface area contributed by atoms with Crippen molar-refractivity contribution < 1.29 is 0 Å². The number of hydrogen-bond acceptors (Lipinski definition) is 1. The molecule has 0 saturated heterocycles. The first kappa shape index (κ1) is 9.79. The molecule has 0 unspecified atom stereocenters. The number of allylic oxidation sites excluding steroid dienone is 1. The fourth-order valence-corrected chi connectivity index (χ4v) is 1.51. The van der Waals surface area contributed by atoms with E-state index < -0.39 is 0 Å². The normalized spacial score (nSPS) is 19.8. The Labute approximate surface area is 76.2 Å². The van der Waals surface area contributed by atoms with Crippen LogP contribution in [0.1, 0.15) is 40.0 Å². The van der Waals surface area contributed by atoms with Gasteiger partial charge in [-0.2, -0.15) is 0 Å². The van der Waals surface area contributed by atoms with Crippen molar-refractivity contribution in [1.29, 1.82) is 0 Å². The molecule has 1 rings (SSSR count). The fraction of sp³-hybridized carbons (Fsp3) is 0.818. The van der Waals surface area contributed by atoms with Crippen molar-refractivity contribution in [1.82, 2.24) is 5.32 Å². The molecule has 0 aromatic rings. The van der Waals surface area contributed by atoms with Gasteiger partial charge in [0.15, 0.2) is 0 Å². The van der Waals surface area contributed by atoms with Gasteiger partial charge in [-0.3, -0.25) is 0 Å². The average molecular weight is 167 g/mol. The molecule has 12 heavy (non-hydrogen) atoms. The highest BCUT2D eigenvalue weighted by atomic mass is 14.9. The zero-order valence-electron chi connectivity index (χ0n) is 8.56. The van der Waals surface area contributed by atoms with Crippen LogP contribution in [0.5, 0.6) is 0 Å². The third-order valence-corrected chi connectivity index (χ3v) is 2.81. The Morgan fingerprint density at radius 3 is 2.50 bits per heavy atom. The minimum Gasteiger partial charge on any atom is -0.310 e. The molecule has 1 nitrogen and oxygen atoms in total. The van der Waals surface area contributed by atoms with Crippen LogP contribution in [0.4, 0.5) is 0 Å². The van der Waals surface area contributed by atoms with Crippen LogP contribution >= 0.6 is 0 Å². The number of rotatable bonds is 4. The van der Waals surface area contributed by atoms with Crippen LogP contribution in [0.2, 0.25) is 0 Å². The van der Waals surface area contributed by atoms with Gasteiger partial charge < -0.3 is 5.32 Å². The van der Waals surface area contributed by atoms with Gasteiger partial charge in [0.25, 0.3) is 0 Å². The van der Waals surface area contributed by atoms with Crippen LogP contribution in [-0.4, -0.2) is 12.6 Å². The predicted molar refractivity (Wildman–Crippen MR) is 54.2 cm³/mol. The summed E-state index contributed by atoms with van der Waals surface area (Å²) in [6.07, 6.45) is 6.44. The minimum atomic E-state index is 0.697. The van der Waals surface area contributed by atoms with Crippen molar-refractivity contribution in [2.24, 2.45) is 5.92 Å². The molecule has 1 saturated carbocycles. The molecule has 0 heterocycles. The molecular formula is C11H21N. The van der Waals surface area contributed by atoms with Crippen LogP contribution in [0.3, 0.4) is 0 Å². The van der Waals surface area contributed by atoms with Gasteiger partial charge in [-0.05, 0) is 25.7 Å². The average Bonchev–Trinajstić information content (AvgIpc) is 1.93. The maximum absolute atomic E-state index is 3.58. The highest BCUT2D eigenvalue weighted by molar-refractivity contribution is 5.05. The maximum Gasteiger partial charge on any atom is 0.0169 e. The predicted octanol–water partition coefficient (Wildman–Crippen LogP) is 2.73. The summed E-state index contributed by atoms with van der Waals surface area (Å²) >= 11 is 0. The second-order valence-corrected chi connectivity index (χ2v) is 4.03. The van der Waals surface area contributed by atoms with E-state index in [1.165, 1.54) is 19.3 Å². The van der Waals surface area contributed by atoms with Crippen molar-refractivity contribution in [3.63, 3.8) is 0 Å². The summed E-state index contributed by atoms with van der Waals surface area (Å²) in [5, 5.41) is 3.58. The highest BCUT2D eigenvalue weighted by Gasteiger charge is 2.16. The lowest BCUT2D eigenvalue weighted by atomic mass is 9.92. The van der Waals surface area contributed by atoms with Crippen molar-refractivity contribution in [2.75, 3.05) is 6.54 Å². The molecule has 0 spiro atoms. The standard InChI is InChI=1S/C11H21N/c1-4-10(9(2)3)8-12-11-6-5-7-11/h4,9,11-12H,5-8H2,1-3H3/b10-4+. The van der Waals surface area contributed by atoms with Gasteiger partial charge in [-0.25, -0.2) is 0 Å². The molecule has 0 radical (unpaired) electrons. The molecule has 1 aliphatic carbocycles. The summed E-state index contributed by atoms with van der Waals surface area (Å²) in [5.74, 6) is 0.697. The van der Waals surface area contributed by atoms with Crippen LogP contribution < -0.4 is 5.32 Å². The minimum absolute atomic E-state index is 0.697. The molecule has 1 heteroatoms. The van der Waals surface area contributed by atoms with E-state index >= 15 is 0 Å². The van der Waals surface area contributed by atoms with E-state index in [0.717, 1.165) is 12.6 Å². The van der Waals surface area contributed by atoms with Gasteiger partial charge >= 0.3 is 0 Å². The number of hydrogen-bond donors (Lipinski definition) is 1. The molecule has 0 aromatic carbocycles. The first-order chi connectivity index (χ1) is 5.74. The fourth-order valence-electron chi connectivity index (χ4n) is 1.51. The second kappa shape index (κ2) is 4.66. The molecule has 1 aliphatic rings. The third-order valence-electron chi connectivity index (χ3n) is 2.81. The Kier molecular flexibility index (Phi) is 3.80. The van der Waals surface area contributed by atoms with Crippen LogP contribution in [-0.2, 0) is 0 Å². The summed E-state index contributed by atoms with van der Waals surface area (Å²) in [5.41, 5.74) is 1.54. The van der Waals surface area contributed by atoms with E-state index in [0.29, 0.717) is 5.92 Å². The molecule has 0 aromatic heterocycles. The Balaban J connectivity index is 2.19. The van der Waals surface area contributed by atoms with E-state index in [1.807, 2.05) is 0 Å². The lowest BCUT2D eigenvalue weighted by molar-refractivity contribution is 0.346. The van der Waals surface area contributed by atoms with Gasteiger partial charge in [0.2, 0.25) is 0 Å². The highest BCUT2D eigenvalue weighted by Crippen LogP contribution is 2.18. The first-order valence-electron chi connectivity index (χ1n) is 5.12. The van der Waals surface area contributed by atoms with Gasteiger partial charge in [-0.1, -0.05) is 31.9 Å². The quantitative estimate of drug-likeness (QED) is 0.635. The first-order valence-corrected chi connectivity index (χ1v) is 5.12. The molecular weight excluding hydrogens is 146 g/mol. The molecule has 0 aliphatic heterocycles. The summed E-state index contributed by atoms with van der Waals surface area (Å²) in [6.45, 7) is 7.76. The van der Waals surface area contributed by atoms with E-state index in [4.69, 9.17) is 0 Å². The van der Waals surface area contributed by atoms with Crippen LogP contribution in [0.15, 0.2) is 11.6 Å². The van der Waals surface area contributed by atoms with E-state index in [1.54, 1.807) is 5.57 Å². The second-order valence-electron chi connectivity index (χ2n) is 4.03. The molecule has 0 atom stereocenters. The van der Waals surface area contributed by atoms with E-state index in [2.05, 4.69) is 32.2 Å². The van der Waals surface area contributed by atoms with Gasteiger partial charge in [0.1, 0.15) is 0 Å². The van der Waals surface area contributed by atoms with Gasteiger partial charge in [-0.15, -0.1) is 0 Å². The zero-order valence-corrected chi connectivity index (χ0v) is 8.56. The van der Waals surface area contributed by atoms with Gasteiger partial charge in [0, 0.05) is 12.6 Å². The smallest absolute Gasteiger partial charge is 0.0169 e. The van der Waals surface area contributed by atoms with Crippen molar-refractivity contribution >= 4 is 0 Å². The maximum atomic E-state index is 3.58. The SMILES string of the molecule is C/C=C(\CNC1CCC1)C(C)C. The van der Waals surface area contributed by atoms with E-state index in [9.17, 15) is 0 Å². The van der Waals surface area contributed by atoms with Crippen molar-refractivity contribution in [2.45, 2.75) is 46.1 Å². The number of nitrogens with one attached hydrogen (secondary N) is 1. The van der Waals surface area contributed by atoms with Crippen molar-refractivity contribution in [3.05, 3.63) is 11.6 Å². The summed E-state index contributed by atoms with van der Waals surface area (Å²) < 4.78 is 0. The molecule has 0 amide bonds. The molecule has 1 fully saturated rings. The lowest BCUT2D eigenvalue weighted by Crippen LogP contribution is -2.36. The Bertz CT molecular complexity index is 154. The third kappa shape index (κ3) is 2.63. The summed E-state index contributed by atoms with van der Waals surface area (Å²) in [6, 6.07) is 0.818. The summed E-state index contributed by atoms with van der Waals surface area (Å²) in [7, 11) is 0. The summed E-state index contributed by atoms with van der Waals surface area (Å²) in [4.78, 5) is 0. The largest absolute Gasteiger partial charge is 0.310 e. The van der Waals surface area contributed by atoms with E-state index in [-0.39, 0.29) is 0 Å². The lowest BCUT2D eigenvalue weighted by Gasteiger charge is -2.27. The Hall–Kier alpha value is -0.300. The topological polar surface area (TPSA) is 12.0 Å². The Morgan fingerprint density at radius 1 is 1.50 bits per heavy atom. The molecule has 1 N–H and O–H groups in total. The van der Waals surface area contributed by atoms with Gasteiger partial charge in [0.05, 0.1) is 0 Å². The molecule has 0 bridgehead atoms.